The lowest BCUT2D eigenvalue weighted by molar-refractivity contribution is -0.161. The number of hydrogen-bond donors (Lipinski definition) is 1. The first-order chi connectivity index (χ1) is 32.6. The van der Waals surface area contributed by atoms with Crippen LogP contribution in [0.2, 0.25) is 0 Å². The molecule has 66 heavy (non-hydrogen) atoms. The van der Waals surface area contributed by atoms with Gasteiger partial charge < -0.3 is 14.6 Å². The number of hydrogen-bond acceptors (Lipinski definition) is 5. The van der Waals surface area contributed by atoms with E-state index in [4.69, 9.17) is 9.47 Å². The average Bonchev–Trinajstić information content (AvgIpc) is 3.32. The molecule has 0 saturated heterocycles. The fourth-order valence-electron chi connectivity index (χ4n) is 7.45. The van der Waals surface area contributed by atoms with Gasteiger partial charge in [-0.15, -0.1) is 0 Å². The van der Waals surface area contributed by atoms with Crippen LogP contribution in [0.5, 0.6) is 0 Å². The van der Waals surface area contributed by atoms with Crippen molar-refractivity contribution >= 4 is 11.9 Å². The lowest BCUT2D eigenvalue weighted by Crippen LogP contribution is -2.28. The SMILES string of the molecule is CC/C=C\C/C=C\C/C=C\C/C=C\C/C=C\C/C=C\C/C=C\C/C=C\CCCCCCCCCCCCC(=O)OC(CO)COC(=O)CCCCCCCCC/C=C\CCCCCCCC. The fraction of sp³-hybridized carbons (Fsp3) is 0.672. The molecule has 0 aromatic carbocycles. The van der Waals surface area contributed by atoms with Crippen molar-refractivity contribution in [3.8, 4) is 0 Å². The molecular weight excluding hydrogens is 813 g/mol. The smallest absolute Gasteiger partial charge is 0.306 e. The van der Waals surface area contributed by atoms with Crippen LogP contribution in [-0.4, -0.2) is 36.4 Å². The van der Waals surface area contributed by atoms with Crippen molar-refractivity contribution < 1.29 is 24.2 Å². The molecule has 0 aliphatic heterocycles. The van der Waals surface area contributed by atoms with E-state index in [1.807, 2.05) is 0 Å². The summed E-state index contributed by atoms with van der Waals surface area (Å²) in [6.07, 6.45) is 80.5. The molecule has 5 nitrogen and oxygen atoms in total. The lowest BCUT2D eigenvalue weighted by Gasteiger charge is -2.15. The number of rotatable bonds is 49. The molecule has 0 aromatic rings. The summed E-state index contributed by atoms with van der Waals surface area (Å²) in [6.45, 7) is 4.02. The fourth-order valence-corrected chi connectivity index (χ4v) is 7.45. The minimum atomic E-state index is -0.782. The quantitative estimate of drug-likeness (QED) is 0.0374. The number of aliphatic hydroxyl groups excluding tert-OH is 1. The zero-order valence-electron chi connectivity index (χ0n) is 42.9. The molecule has 0 radical (unpaired) electrons. The molecule has 0 aliphatic carbocycles. The molecule has 5 heteroatoms. The normalized spacial score (nSPS) is 13.1. The maximum atomic E-state index is 12.3. The number of carbonyl (C=O) groups is 2. The van der Waals surface area contributed by atoms with Crippen LogP contribution >= 0.6 is 0 Å². The zero-order chi connectivity index (χ0) is 47.7. The molecule has 0 saturated carbocycles. The monoisotopic (exact) mass is 915 g/mol. The van der Waals surface area contributed by atoms with Crippen molar-refractivity contribution in [3.05, 3.63) is 109 Å². The number of esters is 2. The highest BCUT2D eigenvalue weighted by Crippen LogP contribution is 2.14. The first-order valence-electron chi connectivity index (χ1n) is 27.4. The Bertz CT molecular complexity index is 1310. The Hall–Kier alpha value is -3.44. The van der Waals surface area contributed by atoms with Gasteiger partial charge in [-0.05, 0) is 103 Å². The van der Waals surface area contributed by atoms with E-state index in [2.05, 4.69) is 123 Å². The minimum Gasteiger partial charge on any atom is -0.462 e. The molecule has 0 spiro atoms. The molecule has 1 unspecified atom stereocenters. The second-order valence-corrected chi connectivity index (χ2v) is 17.9. The van der Waals surface area contributed by atoms with Crippen molar-refractivity contribution in [2.45, 2.75) is 251 Å². The maximum Gasteiger partial charge on any atom is 0.306 e. The first-order valence-corrected chi connectivity index (χ1v) is 27.4. The van der Waals surface area contributed by atoms with Gasteiger partial charge in [0.1, 0.15) is 6.61 Å². The minimum absolute atomic E-state index is 0.0738. The number of ether oxygens (including phenoxy) is 2. The molecule has 0 fully saturated rings. The van der Waals surface area contributed by atoms with Crippen LogP contribution in [0.25, 0.3) is 0 Å². The van der Waals surface area contributed by atoms with Crippen molar-refractivity contribution in [3.63, 3.8) is 0 Å². The average molecular weight is 915 g/mol. The highest BCUT2D eigenvalue weighted by Gasteiger charge is 2.16. The van der Waals surface area contributed by atoms with Crippen LogP contribution < -0.4 is 0 Å². The van der Waals surface area contributed by atoms with Gasteiger partial charge in [0.2, 0.25) is 0 Å². The lowest BCUT2D eigenvalue weighted by atomic mass is 10.0. The maximum absolute atomic E-state index is 12.3. The van der Waals surface area contributed by atoms with Crippen LogP contribution in [0.4, 0.5) is 0 Å². The van der Waals surface area contributed by atoms with E-state index in [1.54, 1.807) is 0 Å². The Labute approximate surface area is 408 Å². The van der Waals surface area contributed by atoms with E-state index < -0.39 is 6.10 Å². The third kappa shape index (κ3) is 53.2. The van der Waals surface area contributed by atoms with E-state index in [1.165, 1.54) is 128 Å². The van der Waals surface area contributed by atoms with E-state index in [-0.39, 0.29) is 25.2 Å². The van der Waals surface area contributed by atoms with Gasteiger partial charge >= 0.3 is 11.9 Å². The highest BCUT2D eigenvalue weighted by molar-refractivity contribution is 5.70. The molecule has 376 valence electrons. The van der Waals surface area contributed by atoms with Gasteiger partial charge in [0.05, 0.1) is 6.61 Å². The summed E-state index contributed by atoms with van der Waals surface area (Å²) in [6, 6.07) is 0. The van der Waals surface area contributed by atoms with E-state index in [9.17, 15) is 14.7 Å². The van der Waals surface area contributed by atoms with Gasteiger partial charge in [0, 0.05) is 12.8 Å². The number of allylic oxidation sites excluding steroid dienone is 18. The topological polar surface area (TPSA) is 72.8 Å². The van der Waals surface area contributed by atoms with Crippen LogP contribution in [0.1, 0.15) is 245 Å². The Kier molecular flexibility index (Phi) is 53.0. The van der Waals surface area contributed by atoms with Gasteiger partial charge in [-0.3, -0.25) is 9.59 Å². The summed E-state index contributed by atoms with van der Waals surface area (Å²) in [4.78, 5) is 24.5. The third-order valence-corrected chi connectivity index (χ3v) is 11.6. The first kappa shape index (κ1) is 62.6. The zero-order valence-corrected chi connectivity index (χ0v) is 42.9. The van der Waals surface area contributed by atoms with Crippen molar-refractivity contribution in [1.29, 1.82) is 0 Å². The summed E-state index contributed by atoms with van der Waals surface area (Å²) in [5.74, 6) is -0.602. The van der Waals surface area contributed by atoms with Gasteiger partial charge in [0.15, 0.2) is 6.10 Å². The summed E-state index contributed by atoms with van der Waals surface area (Å²) in [7, 11) is 0. The standard InChI is InChI=1S/C61H102O5/c1-3-5-7-9-11-13-15-17-19-21-22-23-24-25-26-27-28-29-30-31-32-33-34-35-36-37-38-40-42-44-46-48-50-52-54-56-61(64)66-59(57-62)58-65-60(63)55-53-51-49-47-45-43-41-39-20-18-16-14-12-10-8-6-4-2/h5,7,11,13,17-20,22-23,25-26,28-29,31-32,34-35,59,62H,3-4,6,8-10,12,14-16,21,24,27,30,33,36-58H2,1-2H3/b7-5-,13-11-,19-17-,20-18-,23-22-,26-25-,29-28-,32-31-,35-34-. The predicted octanol–water partition coefficient (Wildman–Crippen LogP) is 18.5. The molecule has 0 bridgehead atoms. The number of aliphatic hydroxyl groups is 1. The van der Waals surface area contributed by atoms with E-state index in [0.29, 0.717) is 12.8 Å². The molecule has 1 N–H and O–H groups in total. The Morgan fingerprint density at radius 2 is 0.652 bits per heavy atom. The second-order valence-electron chi connectivity index (χ2n) is 17.9. The van der Waals surface area contributed by atoms with Crippen molar-refractivity contribution in [2.24, 2.45) is 0 Å². The molecule has 0 aliphatic rings. The van der Waals surface area contributed by atoms with Crippen LogP contribution in [-0.2, 0) is 19.1 Å². The number of unbranched alkanes of at least 4 members (excludes halogenated alkanes) is 23. The van der Waals surface area contributed by atoms with Gasteiger partial charge in [0.25, 0.3) is 0 Å². The Morgan fingerprint density at radius 3 is 1.00 bits per heavy atom. The largest absolute Gasteiger partial charge is 0.462 e. The Morgan fingerprint density at radius 1 is 0.364 bits per heavy atom. The van der Waals surface area contributed by atoms with E-state index >= 15 is 0 Å². The number of carbonyl (C=O) groups excluding carboxylic acids is 2. The molecular formula is C61H102O5. The van der Waals surface area contributed by atoms with Crippen LogP contribution in [0.15, 0.2) is 109 Å². The highest BCUT2D eigenvalue weighted by atomic mass is 16.6. The van der Waals surface area contributed by atoms with Crippen molar-refractivity contribution in [1.82, 2.24) is 0 Å². The van der Waals surface area contributed by atoms with Crippen LogP contribution in [0.3, 0.4) is 0 Å². The van der Waals surface area contributed by atoms with Crippen molar-refractivity contribution in [2.75, 3.05) is 13.2 Å². The molecule has 0 aromatic heterocycles. The third-order valence-electron chi connectivity index (χ3n) is 11.6. The van der Waals surface area contributed by atoms with Gasteiger partial charge in [-0.2, -0.15) is 0 Å². The predicted molar refractivity (Wildman–Crippen MR) is 288 cm³/mol. The molecule has 0 rings (SSSR count). The van der Waals surface area contributed by atoms with Crippen LogP contribution in [0, 0.1) is 0 Å². The summed E-state index contributed by atoms with van der Waals surface area (Å²) in [5.41, 5.74) is 0. The second kappa shape index (κ2) is 55.9. The Balaban J connectivity index is 3.57. The molecule has 1 atom stereocenters. The summed E-state index contributed by atoms with van der Waals surface area (Å²) in [5, 5.41) is 9.63. The molecule has 0 heterocycles. The molecule has 0 amide bonds. The van der Waals surface area contributed by atoms with Gasteiger partial charge in [-0.1, -0.05) is 239 Å². The van der Waals surface area contributed by atoms with Gasteiger partial charge in [-0.25, -0.2) is 0 Å². The van der Waals surface area contributed by atoms with E-state index in [0.717, 1.165) is 89.9 Å². The summed E-state index contributed by atoms with van der Waals surface area (Å²) < 4.78 is 10.7. The summed E-state index contributed by atoms with van der Waals surface area (Å²) >= 11 is 0.